The van der Waals surface area contributed by atoms with Crippen LogP contribution in [0.2, 0.25) is 0 Å². The predicted molar refractivity (Wildman–Crippen MR) is 65.1 cm³/mol. The Kier molecular flexibility index (Phi) is 3.07. The molecule has 16 heavy (non-hydrogen) atoms. The molecule has 0 aromatic heterocycles. The summed E-state index contributed by atoms with van der Waals surface area (Å²) in [5.74, 6) is 0. The topological polar surface area (TPSA) is 37.9 Å². The normalized spacial score (nSPS) is 15.4. The maximum absolute atomic E-state index is 9.02. The fourth-order valence-electron chi connectivity index (χ4n) is 2.16. The highest BCUT2D eigenvalue weighted by atomic mass is 14.8. The molecule has 0 N–H and O–H groups in total. The minimum Gasteiger partial charge on any atom is -0.237 e. The van der Waals surface area contributed by atoms with Crippen LogP contribution in [-0.4, -0.2) is 13.1 Å². The van der Waals surface area contributed by atoms with Gasteiger partial charge in [0.25, 0.3) is 0 Å². The fourth-order valence-corrected chi connectivity index (χ4v) is 2.16. The van der Waals surface area contributed by atoms with Crippen molar-refractivity contribution in [2.45, 2.75) is 20.3 Å². The van der Waals surface area contributed by atoms with Crippen molar-refractivity contribution in [2.24, 2.45) is 0 Å². The number of nitrogens with zero attached hydrogens (tertiary/aromatic N) is 2. The van der Waals surface area contributed by atoms with Crippen molar-refractivity contribution in [3.05, 3.63) is 40.5 Å². The predicted octanol–water partition coefficient (Wildman–Crippen LogP) is 2.57. The molecule has 2 nitrogen and oxygen atoms in total. The Balaban J connectivity index is 2.44. The lowest BCUT2D eigenvalue weighted by atomic mass is 9.93. The summed E-state index contributed by atoms with van der Waals surface area (Å²) in [6.07, 6.45) is 3.20. The number of nitriles is 1. The summed E-state index contributed by atoms with van der Waals surface area (Å²) < 4.78 is 0. The van der Waals surface area contributed by atoms with E-state index in [0.29, 0.717) is 0 Å². The van der Waals surface area contributed by atoms with E-state index in [4.69, 9.17) is 5.26 Å². The lowest BCUT2D eigenvalue weighted by Gasteiger charge is -2.15. The first-order chi connectivity index (χ1) is 7.72. The third-order valence-electron chi connectivity index (χ3n) is 3.02. The molecule has 2 heteroatoms. The zero-order valence-electron chi connectivity index (χ0n) is 9.75. The van der Waals surface area contributed by atoms with Gasteiger partial charge in [-0.1, -0.05) is 18.2 Å². The number of benzene rings is 1. The largest absolute Gasteiger partial charge is 0.237 e. The lowest BCUT2D eigenvalue weighted by Crippen LogP contribution is -2.13. The van der Waals surface area contributed by atoms with Crippen molar-refractivity contribution in [1.29, 1.82) is 5.26 Å². The molecule has 0 saturated carbocycles. The van der Waals surface area contributed by atoms with Gasteiger partial charge in [0.15, 0.2) is 0 Å². The molecular formula is C14H15N2. The van der Waals surface area contributed by atoms with Crippen LogP contribution in [0.15, 0.2) is 18.2 Å². The summed E-state index contributed by atoms with van der Waals surface area (Å²) in [5.41, 5.74) is 5.57. The molecule has 1 aromatic carbocycles. The van der Waals surface area contributed by atoms with Crippen molar-refractivity contribution in [3.8, 4) is 6.07 Å². The molecule has 0 atom stereocenters. The van der Waals surface area contributed by atoms with Crippen molar-refractivity contribution < 1.29 is 0 Å². The second kappa shape index (κ2) is 4.51. The molecule has 1 heterocycles. The monoisotopic (exact) mass is 211 g/mol. The Bertz CT molecular complexity index is 455. The minimum absolute atomic E-state index is 0.810. The van der Waals surface area contributed by atoms with E-state index in [1.165, 1.54) is 11.1 Å². The second-order valence-electron chi connectivity index (χ2n) is 4.21. The van der Waals surface area contributed by atoms with Crippen molar-refractivity contribution in [3.63, 3.8) is 0 Å². The highest BCUT2D eigenvalue weighted by molar-refractivity contribution is 5.69. The van der Waals surface area contributed by atoms with Crippen LogP contribution >= 0.6 is 0 Å². The van der Waals surface area contributed by atoms with Crippen LogP contribution in [0, 0.1) is 25.2 Å². The zero-order valence-corrected chi connectivity index (χ0v) is 9.75. The molecular weight excluding hydrogens is 196 g/mol. The number of hydrogen-bond donors (Lipinski definition) is 0. The van der Waals surface area contributed by atoms with Crippen LogP contribution in [-0.2, 0) is 0 Å². The molecule has 0 spiro atoms. The lowest BCUT2D eigenvalue weighted by molar-refractivity contribution is 0.723. The summed E-state index contributed by atoms with van der Waals surface area (Å²) in [5, 5.41) is 13.3. The van der Waals surface area contributed by atoms with Gasteiger partial charge in [0.1, 0.15) is 0 Å². The number of rotatable bonds is 1. The van der Waals surface area contributed by atoms with E-state index in [1.54, 1.807) is 0 Å². The molecule has 1 aliphatic rings. The maximum atomic E-state index is 9.02. The van der Waals surface area contributed by atoms with E-state index < -0.39 is 0 Å². The van der Waals surface area contributed by atoms with Gasteiger partial charge >= 0.3 is 0 Å². The molecule has 0 unspecified atom stereocenters. The molecule has 1 radical (unpaired) electrons. The molecule has 0 fully saturated rings. The molecule has 0 aliphatic carbocycles. The molecule has 0 bridgehead atoms. The van der Waals surface area contributed by atoms with E-state index in [9.17, 15) is 0 Å². The Morgan fingerprint density at radius 1 is 1.25 bits per heavy atom. The number of aryl methyl sites for hydroxylation is 2. The Hall–Kier alpha value is -1.59. The van der Waals surface area contributed by atoms with E-state index in [1.807, 2.05) is 13.8 Å². The van der Waals surface area contributed by atoms with Gasteiger partial charge in [-0.05, 0) is 42.5 Å². The van der Waals surface area contributed by atoms with Gasteiger partial charge in [-0.3, -0.25) is 0 Å². The molecule has 2 rings (SSSR count). The van der Waals surface area contributed by atoms with Gasteiger partial charge in [-0.25, -0.2) is 5.32 Å². The van der Waals surface area contributed by atoms with Crippen LogP contribution < -0.4 is 5.32 Å². The summed E-state index contributed by atoms with van der Waals surface area (Å²) in [6.45, 7) is 5.75. The highest BCUT2D eigenvalue weighted by Crippen LogP contribution is 2.24. The first-order valence-electron chi connectivity index (χ1n) is 5.56. The van der Waals surface area contributed by atoms with Crippen molar-refractivity contribution in [2.75, 3.05) is 13.1 Å². The molecule has 0 saturated heterocycles. The third kappa shape index (κ3) is 2.00. The van der Waals surface area contributed by atoms with E-state index in [-0.39, 0.29) is 0 Å². The SMILES string of the molecule is Cc1cc(C2=CC[N]CC2)cc(C)c1C#N. The van der Waals surface area contributed by atoms with Gasteiger partial charge in [0, 0.05) is 13.1 Å². The first-order valence-corrected chi connectivity index (χ1v) is 5.56. The minimum atomic E-state index is 0.810. The van der Waals surface area contributed by atoms with Crippen LogP contribution in [0.25, 0.3) is 5.57 Å². The van der Waals surface area contributed by atoms with E-state index in [0.717, 1.165) is 36.2 Å². The quantitative estimate of drug-likeness (QED) is 0.703. The average Bonchev–Trinajstić information content (AvgIpc) is 2.30. The van der Waals surface area contributed by atoms with Crippen LogP contribution in [0.4, 0.5) is 0 Å². The molecule has 0 amide bonds. The standard InChI is InChI=1S/C14H15N2/c1-10-7-13(8-11(2)14(10)9-15)12-3-5-16-6-4-12/h3,7-8H,4-6H2,1-2H3. The van der Waals surface area contributed by atoms with Crippen molar-refractivity contribution >= 4 is 5.57 Å². The number of hydrogen-bond acceptors (Lipinski definition) is 1. The fraction of sp³-hybridized carbons (Fsp3) is 0.357. The van der Waals surface area contributed by atoms with Crippen LogP contribution in [0.3, 0.4) is 0 Å². The van der Waals surface area contributed by atoms with Gasteiger partial charge < -0.3 is 0 Å². The Labute approximate surface area is 96.6 Å². The first kappa shape index (κ1) is 10.9. The molecule has 81 valence electrons. The van der Waals surface area contributed by atoms with Gasteiger partial charge in [-0.2, -0.15) is 5.26 Å². The molecule has 1 aliphatic heterocycles. The smallest absolute Gasteiger partial charge is 0.0997 e. The maximum Gasteiger partial charge on any atom is 0.0997 e. The summed E-state index contributed by atoms with van der Waals surface area (Å²) >= 11 is 0. The van der Waals surface area contributed by atoms with Crippen LogP contribution in [0.1, 0.15) is 28.7 Å². The third-order valence-corrected chi connectivity index (χ3v) is 3.02. The van der Waals surface area contributed by atoms with Crippen LogP contribution in [0.5, 0.6) is 0 Å². The second-order valence-corrected chi connectivity index (χ2v) is 4.21. The zero-order chi connectivity index (χ0) is 11.5. The van der Waals surface area contributed by atoms with E-state index >= 15 is 0 Å². The Morgan fingerprint density at radius 2 is 1.94 bits per heavy atom. The molecule has 1 aromatic rings. The summed E-state index contributed by atoms with van der Waals surface area (Å²) in [6, 6.07) is 6.48. The average molecular weight is 211 g/mol. The highest BCUT2D eigenvalue weighted by Gasteiger charge is 2.10. The summed E-state index contributed by atoms with van der Waals surface area (Å²) in [7, 11) is 0. The van der Waals surface area contributed by atoms with Crippen molar-refractivity contribution in [1.82, 2.24) is 5.32 Å². The van der Waals surface area contributed by atoms with Gasteiger partial charge in [0.2, 0.25) is 0 Å². The van der Waals surface area contributed by atoms with Gasteiger partial charge in [0.05, 0.1) is 11.6 Å². The van der Waals surface area contributed by atoms with E-state index in [2.05, 4.69) is 29.6 Å². The Morgan fingerprint density at radius 3 is 2.44 bits per heavy atom. The summed E-state index contributed by atoms with van der Waals surface area (Å²) in [4.78, 5) is 0. The van der Waals surface area contributed by atoms with Gasteiger partial charge in [-0.15, -0.1) is 0 Å².